The Balaban J connectivity index is 4.42. The van der Waals surface area contributed by atoms with Gasteiger partial charge in [0.2, 0.25) is 5.91 Å². The zero-order valence-corrected chi connectivity index (χ0v) is 11.4. The molecule has 0 aliphatic carbocycles. The van der Waals surface area contributed by atoms with Gasteiger partial charge in [0, 0.05) is 12.5 Å². The third-order valence-corrected chi connectivity index (χ3v) is 2.47. The summed E-state index contributed by atoms with van der Waals surface area (Å²) in [4.78, 5) is 23.3. The van der Waals surface area contributed by atoms with Crippen molar-refractivity contribution in [3.05, 3.63) is 0 Å². The fraction of sp³-hybridized carbons (Fsp3) is 0.833. The number of esters is 1. The molecule has 0 fully saturated rings. The topological polar surface area (TPSA) is 67.4 Å². The third-order valence-electron chi connectivity index (χ3n) is 2.47. The molecule has 2 unspecified atom stereocenters. The van der Waals surface area contributed by atoms with E-state index in [-0.39, 0.29) is 17.8 Å². The lowest BCUT2D eigenvalue weighted by atomic mass is 10.0. The molecule has 0 aromatic rings. The Morgan fingerprint density at radius 2 is 1.82 bits per heavy atom. The van der Waals surface area contributed by atoms with Gasteiger partial charge < -0.3 is 15.4 Å². The van der Waals surface area contributed by atoms with E-state index < -0.39 is 6.04 Å². The first-order valence-electron chi connectivity index (χ1n) is 5.95. The molecule has 0 heterocycles. The number of rotatable bonds is 7. The fourth-order valence-electron chi connectivity index (χ4n) is 1.54. The van der Waals surface area contributed by atoms with Crippen LogP contribution in [0.2, 0.25) is 0 Å². The van der Waals surface area contributed by atoms with Crippen LogP contribution in [0.5, 0.6) is 0 Å². The smallest absolute Gasteiger partial charge is 0.328 e. The van der Waals surface area contributed by atoms with E-state index in [9.17, 15) is 9.59 Å². The second kappa shape index (κ2) is 8.06. The minimum atomic E-state index is -0.549. The van der Waals surface area contributed by atoms with Crippen LogP contribution >= 0.6 is 0 Å². The van der Waals surface area contributed by atoms with E-state index in [0.717, 1.165) is 0 Å². The van der Waals surface area contributed by atoms with Crippen LogP contribution in [-0.4, -0.2) is 38.6 Å². The van der Waals surface area contributed by atoms with E-state index in [1.54, 1.807) is 7.05 Å². The van der Waals surface area contributed by atoms with E-state index in [1.807, 2.05) is 20.8 Å². The van der Waals surface area contributed by atoms with E-state index in [4.69, 9.17) is 0 Å². The van der Waals surface area contributed by atoms with Crippen LogP contribution in [0.4, 0.5) is 0 Å². The lowest BCUT2D eigenvalue weighted by Crippen LogP contribution is -2.45. The molecule has 0 saturated heterocycles. The molecular formula is C12H24N2O3. The van der Waals surface area contributed by atoms with Crippen LogP contribution in [0.1, 0.15) is 27.2 Å². The summed E-state index contributed by atoms with van der Waals surface area (Å²) in [6, 6.07) is -0.549. The Hall–Kier alpha value is -1.10. The van der Waals surface area contributed by atoms with E-state index >= 15 is 0 Å². The first-order valence-corrected chi connectivity index (χ1v) is 5.95. The summed E-state index contributed by atoms with van der Waals surface area (Å²) < 4.78 is 4.68. The van der Waals surface area contributed by atoms with Crippen molar-refractivity contribution >= 4 is 11.9 Å². The Kier molecular flexibility index (Phi) is 7.54. The van der Waals surface area contributed by atoms with Gasteiger partial charge in [0.1, 0.15) is 6.04 Å². The largest absolute Gasteiger partial charge is 0.467 e. The molecule has 2 atom stereocenters. The molecule has 1 amide bonds. The molecule has 2 N–H and O–H groups in total. The van der Waals surface area contributed by atoms with Crippen molar-refractivity contribution in [3.8, 4) is 0 Å². The van der Waals surface area contributed by atoms with Gasteiger partial charge in [-0.3, -0.25) is 4.79 Å². The summed E-state index contributed by atoms with van der Waals surface area (Å²) in [5, 5.41) is 5.66. The number of hydrogen-bond donors (Lipinski definition) is 2. The molecule has 5 heteroatoms. The van der Waals surface area contributed by atoms with Crippen molar-refractivity contribution in [2.75, 3.05) is 20.7 Å². The van der Waals surface area contributed by atoms with Gasteiger partial charge in [-0.1, -0.05) is 20.8 Å². The summed E-state index contributed by atoms with van der Waals surface area (Å²) in [5.41, 5.74) is 0. The van der Waals surface area contributed by atoms with Crippen LogP contribution in [-0.2, 0) is 14.3 Å². The SMILES string of the molecule is CNCC(C)C(=O)NC(CC(C)C)C(=O)OC. The van der Waals surface area contributed by atoms with Gasteiger partial charge in [-0.05, 0) is 19.4 Å². The molecule has 0 saturated carbocycles. The second-order valence-corrected chi connectivity index (χ2v) is 4.67. The first kappa shape index (κ1) is 15.9. The zero-order chi connectivity index (χ0) is 13.4. The molecule has 5 nitrogen and oxygen atoms in total. The van der Waals surface area contributed by atoms with Gasteiger partial charge in [0.15, 0.2) is 0 Å². The standard InChI is InChI=1S/C12H24N2O3/c1-8(2)6-10(12(16)17-5)14-11(15)9(3)7-13-4/h8-10,13H,6-7H2,1-5H3,(H,14,15). The van der Waals surface area contributed by atoms with Gasteiger partial charge in [-0.2, -0.15) is 0 Å². The maximum absolute atomic E-state index is 11.8. The summed E-state index contributed by atoms with van der Waals surface area (Å²) in [7, 11) is 3.12. The van der Waals surface area contributed by atoms with E-state index in [0.29, 0.717) is 18.9 Å². The molecule has 0 rings (SSSR count). The number of nitrogens with one attached hydrogen (secondary N) is 2. The Bertz CT molecular complexity index is 254. The molecular weight excluding hydrogens is 220 g/mol. The molecule has 0 aromatic heterocycles. The van der Waals surface area contributed by atoms with E-state index in [1.165, 1.54) is 7.11 Å². The second-order valence-electron chi connectivity index (χ2n) is 4.67. The van der Waals surface area contributed by atoms with Gasteiger partial charge in [-0.25, -0.2) is 4.79 Å². The number of hydrogen-bond acceptors (Lipinski definition) is 4. The predicted octanol–water partition coefficient (Wildman–Crippen LogP) is 0.546. The van der Waals surface area contributed by atoms with Gasteiger partial charge in [0.25, 0.3) is 0 Å². The highest BCUT2D eigenvalue weighted by Gasteiger charge is 2.24. The first-order chi connectivity index (χ1) is 7.92. The highest BCUT2D eigenvalue weighted by molar-refractivity contribution is 5.85. The quantitative estimate of drug-likeness (QED) is 0.642. The third kappa shape index (κ3) is 6.26. The van der Waals surface area contributed by atoms with Crippen LogP contribution in [0, 0.1) is 11.8 Å². The minimum Gasteiger partial charge on any atom is -0.467 e. The molecule has 0 bridgehead atoms. The molecule has 0 radical (unpaired) electrons. The highest BCUT2D eigenvalue weighted by atomic mass is 16.5. The maximum atomic E-state index is 11.8. The van der Waals surface area contributed by atoms with Crippen LogP contribution in [0.15, 0.2) is 0 Å². The van der Waals surface area contributed by atoms with Crippen LogP contribution < -0.4 is 10.6 Å². The zero-order valence-electron chi connectivity index (χ0n) is 11.4. The number of amides is 1. The van der Waals surface area contributed by atoms with Crippen molar-refractivity contribution < 1.29 is 14.3 Å². The van der Waals surface area contributed by atoms with Gasteiger partial charge in [-0.15, -0.1) is 0 Å². The van der Waals surface area contributed by atoms with Crippen molar-refractivity contribution in [2.45, 2.75) is 33.2 Å². The molecule has 0 aliphatic heterocycles. The summed E-state index contributed by atoms with van der Waals surface area (Å²) in [5.74, 6) is -0.363. The Morgan fingerprint density at radius 1 is 1.24 bits per heavy atom. The van der Waals surface area contributed by atoms with Crippen LogP contribution in [0.3, 0.4) is 0 Å². The molecule has 17 heavy (non-hydrogen) atoms. The van der Waals surface area contributed by atoms with Crippen molar-refractivity contribution in [2.24, 2.45) is 11.8 Å². The van der Waals surface area contributed by atoms with Crippen molar-refractivity contribution in [3.63, 3.8) is 0 Å². The Morgan fingerprint density at radius 3 is 2.24 bits per heavy atom. The van der Waals surface area contributed by atoms with Gasteiger partial charge in [0.05, 0.1) is 7.11 Å². The Labute approximate surface area is 103 Å². The lowest BCUT2D eigenvalue weighted by Gasteiger charge is -2.20. The van der Waals surface area contributed by atoms with Gasteiger partial charge >= 0.3 is 5.97 Å². The number of ether oxygens (including phenoxy) is 1. The van der Waals surface area contributed by atoms with Crippen molar-refractivity contribution in [1.82, 2.24) is 10.6 Å². The molecule has 100 valence electrons. The van der Waals surface area contributed by atoms with Crippen molar-refractivity contribution in [1.29, 1.82) is 0 Å². The minimum absolute atomic E-state index is 0.129. The normalized spacial score (nSPS) is 14.2. The average Bonchev–Trinajstić information content (AvgIpc) is 2.26. The summed E-state index contributed by atoms with van der Waals surface area (Å²) in [6.45, 7) is 6.40. The molecule has 0 spiro atoms. The lowest BCUT2D eigenvalue weighted by molar-refractivity contribution is -0.146. The number of methoxy groups -OCH3 is 1. The van der Waals surface area contributed by atoms with Crippen LogP contribution in [0.25, 0.3) is 0 Å². The molecule has 0 aliphatic rings. The summed E-state index contributed by atoms with van der Waals surface area (Å²) >= 11 is 0. The summed E-state index contributed by atoms with van der Waals surface area (Å²) in [6.07, 6.45) is 0.588. The maximum Gasteiger partial charge on any atom is 0.328 e. The predicted molar refractivity (Wildman–Crippen MR) is 66.5 cm³/mol. The number of carbonyl (C=O) groups excluding carboxylic acids is 2. The monoisotopic (exact) mass is 244 g/mol. The highest BCUT2D eigenvalue weighted by Crippen LogP contribution is 2.07. The average molecular weight is 244 g/mol. The van der Waals surface area contributed by atoms with E-state index in [2.05, 4.69) is 15.4 Å². The fourth-order valence-corrected chi connectivity index (χ4v) is 1.54. The number of carbonyl (C=O) groups is 2. The molecule has 0 aromatic carbocycles.